The summed E-state index contributed by atoms with van der Waals surface area (Å²) in [4.78, 5) is 20.1. The summed E-state index contributed by atoms with van der Waals surface area (Å²) in [6.07, 6.45) is 2.09. The van der Waals surface area contributed by atoms with Crippen molar-refractivity contribution < 1.29 is 9.53 Å². The minimum Gasteiger partial charge on any atom is -0.370 e. The van der Waals surface area contributed by atoms with Gasteiger partial charge in [0.15, 0.2) is 0 Å². The number of halogens is 1. The fourth-order valence-corrected chi connectivity index (χ4v) is 2.98. The van der Waals surface area contributed by atoms with E-state index >= 15 is 0 Å². The van der Waals surface area contributed by atoms with E-state index in [-0.39, 0.29) is 12.0 Å². The van der Waals surface area contributed by atoms with Crippen LogP contribution in [0.4, 0.5) is 5.69 Å². The van der Waals surface area contributed by atoms with E-state index in [1.807, 2.05) is 18.2 Å². The highest BCUT2D eigenvalue weighted by molar-refractivity contribution is 6.30. The molecule has 1 aliphatic heterocycles. The number of H-pyrrole nitrogens is 1. The average Bonchev–Trinajstić information content (AvgIpc) is 3.24. The van der Waals surface area contributed by atoms with Crippen molar-refractivity contribution in [1.29, 1.82) is 0 Å². The number of amides is 1. The van der Waals surface area contributed by atoms with Crippen molar-refractivity contribution in [1.82, 2.24) is 9.97 Å². The Morgan fingerprint density at radius 3 is 2.83 bits per heavy atom. The van der Waals surface area contributed by atoms with Crippen molar-refractivity contribution in [3.05, 3.63) is 58.9 Å². The third kappa shape index (κ3) is 3.00. The average molecular weight is 342 g/mol. The molecular formula is C18H16ClN3O2. The van der Waals surface area contributed by atoms with Gasteiger partial charge in [-0.3, -0.25) is 4.79 Å². The molecule has 0 saturated carbocycles. The quantitative estimate of drug-likeness (QED) is 0.745. The van der Waals surface area contributed by atoms with E-state index in [2.05, 4.69) is 15.3 Å². The highest BCUT2D eigenvalue weighted by Crippen LogP contribution is 2.28. The maximum Gasteiger partial charge on any atom is 0.255 e. The molecule has 1 atom stereocenters. The molecule has 0 radical (unpaired) electrons. The van der Waals surface area contributed by atoms with Gasteiger partial charge in [-0.05, 0) is 55.3 Å². The number of nitrogens with zero attached hydrogens (tertiary/aromatic N) is 1. The second-order valence-electron chi connectivity index (χ2n) is 5.82. The van der Waals surface area contributed by atoms with E-state index in [1.165, 1.54) is 0 Å². The third-order valence-electron chi connectivity index (χ3n) is 4.10. The van der Waals surface area contributed by atoms with Gasteiger partial charge in [0.1, 0.15) is 11.9 Å². The number of nitrogens with one attached hydrogen (secondary N) is 2. The summed E-state index contributed by atoms with van der Waals surface area (Å²) < 4.78 is 5.66. The molecule has 24 heavy (non-hydrogen) atoms. The molecule has 1 aliphatic rings. The Bertz CT molecular complexity index is 883. The van der Waals surface area contributed by atoms with E-state index in [4.69, 9.17) is 16.3 Å². The molecule has 0 unspecified atom stereocenters. The second kappa shape index (κ2) is 6.26. The van der Waals surface area contributed by atoms with Crippen LogP contribution in [0.3, 0.4) is 0 Å². The van der Waals surface area contributed by atoms with Crippen LogP contribution in [0.15, 0.2) is 42.5 Å². The van der Waals surface area contributed by atoms with Crippen molar-refractivity contribution in [3.63, 3.8) is 0 Å². The van der Waals surface area contributed by atoms with Crippen LogP contribution in [0.25, 0.3) is 11.0 Å². The number of anilines is 1. The van der Waals surface area contributed by atoms with E-state index < -0.39 is 0 Å². The molecule has 2 N–H and O–H groups in total. The molecule has 1 saturated heterocycles. The number of fused-ring (bicyclic) bond motifs is 1. The SMILES string of the molecule is O=C(Nc1ccc2nc([C@H]3CCCO3)[nH]c2c1)c1ccc(Cl)cc1. The summed E-state index contributed by atoms with van der Waals surface area (Å²) in [5.74, 6) is 0.675. The van der Waals surface area contributed by atoms with Gasteiger partial charge in [0, 0.05) is 22.9 Å². The van der Waals surface area contributed by atoms with E-state index in [9.17, 15) is 4.79 Å². The van der Waals surface area contributed by atoms with Gasteiger partial charge in [0.2, 0.25) is 0 Å². The maximum absolute atomic E-state index is 12.3. The number of ether oxygens (including phenoxy) is 1. The topological polar surface area (TPSA) is 67.0 Å². The Hall–Kier alpha value is -2.37. The van der Waals surface area contributed by atoms with Crippen molar-refractivity contribution in [2.24, 2.45) is 0 Å². The summed E-state index contributed by atoms with van der Waals surface area (Å²) in [5.41, 5.74) is 3.02. The Morgan fingerprint density at radius 2 is 2.08 bits per heavy atom. The maximum atomic E-state index is 12.3. The number of carbonyl (C=O) groups excluding carboxylic acids is 1. The lowest BCUT2D eigenvalue weighted by atomic mass is 10.2. The van der Waals surface area contributed by atoms with Gasteiger partial charge < -0.3 is 15.0 Å². The van der Waals surface area contributed by atoms with Gasteiger partial charge in [0.05, 0.1) is 11.0 Å². The summed E-state index contributed by atoms with van der Waals surface area (Å²) in [5, 5.41) is 3.49. The molecule has 1 amide bonds. The lowest BCUT2D eigenvalue weighted by Crippen LogP contribution is -2.11. The standard InChI is InChI=1S/C18H16ClN3O2/c19-12-5-3-11(4-6-12)18(23)20-13-7-8-14-15(10-13)22-17(21-14)16-2-1-9-24-16/h3-8,10,16H,1-2,9H2,(H,20,23)(H,21,22)/t16-/m1/s1. The first-order chi connectivity index (χ1) is 11.7. The van der Waals surface area contributed by atoms with Crippen LogP contribution in [0.1, 0.15) is 35.1 Å². The molecule has 1 fully saturated rings. The van der Waals surface area contributed by atoms with Gasteiger partial charge in [-0.1, -0.05) is 11.6 Å². The fourth-order valence-electron chi connectivity index (χ4n) is 2.86. The Labute approximate surface area is 144 Å². The van der Waals surface area contributed by atoms with Crippen LogP contribution < -0.4 is 5.32 Å². The predicted octanol–water partition coefficient (Wildman–Crippen LogP) is 4.32. The normalized spacial score (nSPS) is 17.3. The summed E-state index contributed by atoms with van der Waals surface area (Å²) in [6, 6.07) is 12.4. The molecule has 4 rings (SSSR count). The number of rotatable bonds is 3. The first-order valence-electron chi connectivity index (χ1n) is 7.87. The third-order valence-corrected chi connectivity index (χ3v) is 4.35. The highest BCUT2D eigenvalue weighted by Gasteiger charge is 2.21. The minimum absolute atomic E-state index is 0.0458. The number of aromatic amines is 1. The van der Waals surface area contributed by atoms with Gasteiger partial charge in [0.25, 0.3) is 5.91 Å². The zero-order valence-corrected chi connectivity index (χ0v) is 13.6. The van der Waals surface area contributed by atoms with E-state index in [0.29, 0.717) is 16.3 Å². The summed E-state index contributed by atoms with van der Waals surface area (Å²) in [7, 11) is 0. The van der Waals surface area contributed by atoms with E-state index in [0.717, 1.165) is 36.3 Å². The van der Waals surface area contributed by atoms with Crippen LogP contribution in [0, 0.1) is 0 Å². The van der Waals surface area contributed by atoms with Gasteiger partial charge in [-0.15, -0.1) is 0 Å². The number of imidazole rings is 1. The number of hydrogen-bond donors (Lipinski definition) is 2. The van der Waals surface area contributed by atoms with Crippen LogP contribution in [-0.2, 0) is 4.74 Å². The first kappa shape index (κ1) is 15.2. The Balaban J connectivity index is 1.55. The van der Waals surface area contributed by atoms with Gasteiger partial charge >= 0.3 is 0 Å². The monoisotopic (exact) mass is 341 g/mol. The van der Waals surface area contributed by atoms with Crippen LogP contribution in [0.5, 0.6) is 0 Å². The molecule has 0 bridgehead atoms. The molecule has 2 heterocycles. The molecule has 122 valence electrons. The molecule has 0 spiro atoms. The lowest BCUT2D eigenvalue weighted by Gasteiger charge is -2.05. The summed E-state index contributed by atoms with van der Waals surface area (Å²) >= 11 is 5.85. The number of carbonyl (C=O) groups is 1. The molecule has 0 aliphatic carbocycles. The highest BCUT2D eigenvalue weighted by atomic mass is 35.5. The molecule has 2 aromatic carbocycles. The molecule has 1 aromatic heterocycles. The van der Waals surface area contributed by atoms with Gasteiger partial charge in [-0.25, -0.2) is 4.98 Å². The molecule has 6 heteroatoms. The summed E-state index contributed by atoms with van der Waals surface area (Å²) in [6.45, 7) is 0.782. The van der Waals surface area contributed by atoms with Crippen LogP contribution >= 0.6 is 11.6 Å². The van der Waals surface area contributed by atoms with Crippen molar-refractivity contribution >= 4 is 34.2 Å². The number of aromatic nitrogens is 2. The smallest absolute Gasteiger partial charge is 0.255 e. The first-order valence-corrected chi connectivity index (χ1v) is 8.25. The van der Waals surface area contributed by atoms with Crippen LogP contribution in [0.2, 0.25) is 5.02 Å². The van der Waals surface area contributed by atoms with Crippen LogP contribution in [-0.4, -0.2) is 22.5 Å². The molecular weight excluding hydrogens is 326 g/mol. The zero-order valence-electron chi connectivity index (χ0n) is 12.9. The zero-order chi connectivity index (χ0) is 16.5. The lowest BCUT2D eigenvalue weighted by molar-refractivity contribution is 0.102. The molecule has 5 nitrogen and oxygen atoms in total. The van der Waals surface area contributed by atoms with Crippen molar-refractivity contribution in [2.45, 2.75) is 18.9 Å². The predicted molar refractivity (Wildman–Crippen MR) is 93.4 cm³/mol. The van der Waals surface area contributed by atoms with Crippen molar-refractivity contribution in [2.75, 3.05) is 11.9 Å². The fraction of sp³-hybridized carbons (Fsp3) is 0.222. The molecule has 3 aromatic rings. The second-order valence-corrected chi connectivity index (χ2v) is 6.25. The van der Waals surface area contributed by atoms with Gasteiger partial charge in [-0.2, -0.15) is 0 Å². The minimum atomic E-state index is -0.176. The number of hydrogen-bond acceptors (Lipinski definition) is 3. The Kier molecular flexibility index (Phi) is 3.96. The van der Waals surface area contributed by atoms with Crippen molar-refractivity contribution in [3.8, 4) is 0 Å². The Morgan fingerprint density at radius 1 is 1.25 bits per heavy atom. The van der Waals surface area contributed by atoms with E-state index in [1.54, 1.807) is 24.3 Å². The number of benzene rings is 2. The largest absolute Gasteiger partial charge is 0.370 e.